The third kappa shape index (κ3) is 2.92. The number of likely N-dealkylation sites (tertiary alicyclic amines) is 2. The number of ether oxygens (including phenoxy) is 2. The molecule has 25 heavy (non-hydrogen) atoms. The number of carbonyl (C=O) groups is 1. The van der Waals surface area contributed by atoms with E-state index in [1.165, 1.54) is 12.1 Å². The van der Waals surface area contributed by atoms with Crippen molar-refractivity contribution in [2.75, 3.05) is 46.9 Å². The highest BCUT2D eigenvalue weighted by molar-refractivity contribution is 5.66. The van der Waals surface area contributed by atoms with Gasteiger partial charge in [0.15, 0.2) is 0 Å². The molecule has 0 aromatic heterocycles. The largest absolute Gasteiger partial charge is 0.445 e. The maximum Gasteiger partial charge on any atom is 0.422 e. The van der Waals surface area contributed by atoms with Crippen LogP contribution in [0.25, 0.3) is 0 Å². The quantitative estimate of drug-likeness (QED) is 0.809. The molecule has 0 aromatic rings. The molecule has 4 rings (SSSR count). The number of carbonyl (C=O) groups excluding carboxylic acids is 1. The summed E-state index contributed by atoms with van der Waals surface area (Å²) in [7, 11) is 4.43. The van der Waals surface area contributed by atoms with E-state index in [1.54, 1.807) is 0 Å². The molecule has 1 aliphatic carbocycles. The fourth-order valence-corrected chi connectivity index (χ4v) is 5.35. The van der Waals surface area contributed by atoms with Gasteiger partial charge >= 0.3 is 6.09 Å². The van der Waals surface area contributed by atoms with Crippen LogP contribution in [-0.4, -0.2) is 80.1 Å². The molecule has 4 unspecified atom stereocenters. The summed E-state index contributed by atoms with van der Waals surface area (Å²) < 4.78 is 11.0. The SMILES string of the molecule is CN1CCC2(C)C3CC(OC(=O)NN4CCOCC4)CC=C3N(C)C12. The van der Waals surface area contributed by atoms with Crippen molar-refractivity contribution in [1.82, 2.24) is 20.2 Å². The zero-order valence-electron chi connectivity index (χ0n) is 15.5. The van der Waals surface area contributed by atoms with Crippen molar-refractivity contribution < 1.29 is 14.3 Å². The first-order valence-corrected chi connectivity index (χ1v) is 9.42. The van der Waals surface area contributed by atoms with Crippen molar-refractivity contribution >= 4 is 6.09 Å². The minimum Gasteiger partial charge on any atom is -0.445 e. The Labute approximate surface area is 149 Å². The lowest BCUT2D eigenvalue weighted by atomic mass is 9.71. The molecule has 4 aliphatic rings. The molecule has 0 bridgehead atoms. The number of nitrogens with one attached hydrogen (secondary N) is 1. The van der Waals surface area contributed by atoms with E-state index in [1.807, 2.05) is 5.01 Å². The maximum absolute atomic E-state index is 12.2. The van der Waals surface area contributed by atoms with Crippen molar-refractivity contribution in [2.45, 2.75) is 38.5 Å². The van der Waals surface area contributed by atoms with Gasteiger partial charge in [-0.3, -0.25) is 10.3 Å². The van der Waals surface area contributed by atoms with Crippen LogP contribution in [0.5, 0.6) is 0 Å². The van der Waals surface area contributed by atoms with E-state index in [2.05, 4.69) is 42.3 Å². The van der Waals surface area contributed by atoms with Crippen LogP contribution in [-0.2, 0) is 9.47 Å². The van der Waals surface area contributed by atoms with Crippen LogP contribution in [0.15, 0.2) is 11.8 Å². The van der Waals surface area contributed by atoms with Gasteiger partial charge in [-0.05, 0) is 19.9 Å². The first-order chi connectivity index (χ1) is 12.0. The smallest absolute Gasteiger partial charge is 0.422 e. The third-order valence-electron chi connectivity index (χ3n) is 6.56. The number of nitrogens with zero attached hydrogens (tertiary/aromatic N) is 3. The van der Waals surface area contributed by atoms with E-state index in [0.717, 1.165) is 19.4 Å². The molecule has 4 atom stereocenters. The topological polar surface area (TPSA) is 57.3 Å². The summed E-state index contributed by atoms with van der Waals surface area (Å²) in [4.78, 5) is 17.1. The van der Waals surface area contributed by atoms with E-state index in [9.17, 15) is 4.79 Å². The molecule has 3 saturated heterocycles. The van der Waals surface area contributed by atoms with Gasteiger partial charge in [0.25, 0.3) is 0 Å². The summed E-state index contributed by atoms with van der Waals surface area (Å²) in [5, 5.41) is 1.88. The number of hydrazine groups is 1. The molecule has 3 aliphatic heterocycles. The second-order valence-corrected chi connectivity index (χ2v) is 8.11. The van der Waals surface area contributed by atoms with Gasteiger partial charge in [0.2, 0.25) is 0 Å². The molecule has 0 spiro atoms. The standard InChI is InChI=1S/C18H30N4O3/c1-18-6-7-20(2)16(18)21(3)15-5-4-13(12-14(15)18)25-17(23)19-22-8-10-24-11-9-22/h5,13-14,16H,4,6-12H2,1-3H3,(H,19,23). The molecule has 140 valence electrons. The molecular formula is C18H30N4O3. The molecule has 1 amide bonds. The predicted molar refractivity (Wildman–Crippen MR) is 93.5 cm³/mol. The summed E-state index contributed by atoms with van der Waals surface area (Å²) in [5.41, 5.74) is 4.54. The third-order valence-corrected chi connectivity index (χ3v) is 6.56. The Morgan fingerprint density at radius 2 is 2.08 bits per heavy atom. The second kappa shape index (κ2) is 6.45. The Morgan fingerprint density at radius 3 is 2.84 bits per heavy atom. The van der Waals surface area contributed by atoms with Crippen LogP contribution >= 0.6 is 0 Å². The zero-order chi connectivity index (χ0) is 17.6. The average molecular weight is 350 g/mol. The van der Waals surface area contributed by atoms with Crippen LogP contribution in [0, 0.1) is 11.3 Å². The summed E-state index contributed by atoms with van der Waals surface area (Å²) in [6, 6.07) is 0. The molecule has 0 saturated carbocycles. The minimum absolute atomic E-state index is 0.0373. The van der Waals surface area contributed by atoms with Gasteiger partial charge in [-0.15, -0.1) is 0 Å². The first-order valence-electron chi connectivity index (χ1n) is 9.42. The Kier molecular flexibility index (Phi) is 4.42. The molecule has 0 aromatic carbocycles. The Hall–Kier alpha value is -1.31. The van der Waals surface area contributed by atoms with Gasteiger partial charge < -0.3 is 14.4 Å². The highest BCUT2D eigenvalue weighted by atomic mass is 16.6. The summed E-state index contributed by atoms with van der Waals surface area (Å²) in [6.07, 6.45) is 5.31. The number of hydrogen-bond acceptors (Lipinski definition) is 6. The Balaban J connectivity index is 1.39. The Bertz CT molecular complexity index is 563. The van der Waals surface area contributed by atoms with Gasteiger partial charge in [-0.1, -0.05) is 13.0 Å². The number of allylic oxidation sites excluding steroid dienone is 1. The molecule has 7 heteroatoms. The lowest BCUT2D eigenvalue weighted by molar-refractivity contribution is 0.0000995. The first kappa shape index (κ1) is 17.1. The van der Waals surface area contributed by atoms with Crippen molar-refractivity contribution in [3.63, 3.8) is 0 Å². The van der Waals surface area contributed by atoms with E-state index in [-0.39, 0.29) is 17.6 Å². The monoisotopic (exact) mass is 350 g/mol. The van der Waals surface area contributed by atoms with Crippen LogP contribution in [0.3, 0.4) is 0 Å². The number of amides is 1. The van der Waals surface area contributed by atoms with Gasteiger partial charge in [0.05, 0.1) is 19.4 Å². The molecule has 3 heterocycles. The normalized spacial score (nSPS) is 38.9. The van der Waals surface area contributed by atoms with Crippen LogP contribution in [0.2, 0.25) is 0 Å². The summed E-state index contributed by atoms with van der Waals surface area (Å²) in [5.74, 6) is 0.474. The fraction of sp³-hybridized carbons (Fsp3) is 0.833. The number of fused-ring (bicyclic) bond motifs is 3. The van der Waals surface area contributed by atoms with E-state index in [0.29, 0.717) is 38.4 Å². The lowest BCUT2D eigenvalue weighted by Gasteiger charge is -2.34. The van der Waals surface area contributed by atoms with E-state index in [4.69, 9.17) is 9.47 Å². The molecule has 1 N–H and O–H groups in total. The van der Waals surface area contributed by atoms with Crippen LogP contribution in [0.4, 0.5) is 4.79 Å². The lowest BCUT2D eigenvalue weighted by Crippen LogP contribution is -2.49. The van der Waals surface area contributed by atoms with Crippen molar-refractivity contribution in [1.29, 1.82) is 0 Å². The summed E-state index contributed by atoms with van der Waals surface area (Å²) >= 11 is 0. The number of hydrogen-bond donors (Lipinski definition) is 1. The van der Waals surface area contributed by atoms with E-state index < -0.39 is 0 Å². The Morgan fingerprint density at radius 1 is 1.32 bits per heavy atom. The maximum atomic E-state index is 12.2. The molecule has 0 radical (unpaired) electrons. The van der Waals surface area contributed by atoms with Crippen molar-refractivity contribution in [3.05, 3.63) is 11.8 Å². The number of rotatable bonds is 2. The zero-order valence-corrected chi connectivity index (χ0v) is 15.5. The highest BCUT2D eigenvalue weighted by Gasteiger charge is 2.58. The van der Waals surface area contributed by atoms with Crippen molar-refractivity contribution in [3.8, 4) is 0 Å². The van der Waals surface area contributed by atoms with Gasteiger partial charge in [0.1, 0.15) is 6.10 Å². The molecule has 7 nitrogen and oxygen atoms in total. The molecule has 3 fully saturated rings. The highest BCUT2D eigenvalue weighted by Crippen LogP contribution is 2.56. The average Bonchev–Trinajstić information content (AvgIpc) is 3.01. The minimum atomic E-state index is -0.333. The van der Waals surface area contributed by atoms with Gasteiger partial charge in [-0.25, -0.2) is 9.80 Å². The summed E-state index contributed by atoms with van der Waals surface area (Å²) in [6.45, 7) is 6.26. The van der Waals surface area contributed by atoms with Crippen LogP contribution in [0.1, 0.15) is 26.2 Å². The van der Waals surface area contributed by atoms with Crippen LogP contribution < -0.4 is 5.43 Å². The molecular weight excluding hydrogens is 320 g/mol. The van der Waals surface area contributed by atoms with Crippen molar-refractivity contribution in [2.24, 2.45) is 11.3 Å². The number of morpholine rings is 1. The van der Waals surface area contributed by atoms with Gasteiger partial charge in [0, 0.05) is 50.1 Å². The van der Waals surface area contributed by atoms with E-state index >= 15 is 0 Å². The van der Waals surface area contributed by atoms with Gasteiger partial charge in [-0.2, -0.15) is 0 Å². The predicted octanol–water partition coefficient (Wildman–Crippen LogP) is 1.24. The fourth-order valence-electron chi connectivity index (χ4n) is 5.35. The second-order valence-electron chi connectivity index (χ2n) is 8.11.